The van der Waals surface area contributed by atoms with Gasteiger partial charge >= 0.3 is 0 Å². The van der Waals surface area contributed by atoms with E-state index in [9.17, 15) is 14.4 Å². The van der Waals surface area contributed by atoms with Gasteiger partial charge in [-0.15, -0.1) is 0 Å². The number of methoxy groups -OCH3 is 3. The molecule has 0 bridgehead atoms. The molecule has 2 aliphatic rings. The van der Waals surface area contributed by atoms with Crippen LogP contribution in [-0.4, -0.2) is 46.2 Å². The van der Waals surface area contributed by atoms with Crippen molar-refractivity contribution in [2.45, 2.75) is 57.9 Å². The summed E-state index contributed by atoms with van der Waals surface area (Å²) >= 11 is 0. The third-order valence-corrected chi connectivity index (χ3v) is 7.51. The lowest BCUT2D eigenvalue weighted by atomic mass is 9.95. The Hall–Kier alpha value is -4.01. The van der Waals surface area contributed by atoms with Crippen LogP contribution in [0.4, 0.5) is 5.69 Å². The molecule has 40 heavy (non-hydrogen) atoms. The Kier molecular flexibility index (Phi) is 9.69. The molecule has 2 aromatic rings. The number of hydrogen-bond acceptors (Lipinski definition) is 7. The molecule has 2 amide bonds. The molecule has 2 aromatic carbocycles. The Morgan fingerprint density at radius 1 is 1.00 bits per heavy atom. The summed E-state index contributed by atoms with van der Waals surface area (Å²) in [6, 6.07) is 6.56. The summed E-state index contributed by atoms with van der Waals surface area (Å²) in [6.45, 7) is 2.01. The van der Waals surface area contributed by atoms with Crippen LogP contribution < -0.4 is 35.6 Å². The molecular weight excluding hydrogens is 510 g/mol. The van der Waals surface area contributed by atoms with E-state index < -0.39 is 6.04 Å². The van der Waals surface area contributed by atoms with E-state index in [1.165, 1.54) is 31.4 Å². The second-order valence-electron chi connectivity index (χ2n) is 10.2. The Morgan fingerprint density at radius 2 is 1.80 bits per heavy atom. The van der Waals surface area contributed by atoms with Crippen molar-refractivity contribution in [1.29, 1.82) is 0 Å². The minimum absolute atomic E-state index is 0.0248. The lowest BCUT2D eigenvalue weighted by molar-refractivity contribution is -0.120. The average Bonchev–Trinajstić information content (AvgIpc) is 3.19. The van der Waals surface area contributed by atoms with Crippen LogP contribution in [0.2, 0.25) is 0 Å². The second-order valence-corrected chi connectivity index (χ2v) is 10.2. The lowest BCUT2D eigenvalue weighted by Gasteiger charge is -2.19. The topological polar surface area (TPSA) is 115 Å². The zero-order valence-corrected chi connectivity index (χ0v) is 23.8. The van der Waals surface area contributed by atoms with Gasteiger partial charge in [-0.05, 0) is 79.8 Å². The van der Waals surface area contributed by atoms with Gasteiger partial charge in [0.2, 0.25) is 23.0 Å². The van der Waals surface area contributed by atoms with E-state index in [0.29, 0.717) is 47.9 Å². The first kappa shape index (κ1) is 29.0. The average molecular weight is 550 g/mol. The van der Waals surface area contributed by atoms with E-state index in [2.05, 4.69) is 22.0 Å². The summed E-state index contributed by atoms with van der Waals surface area (Å²) in [5.74, 6) is 1.10. The maximum atomic E-state index is 13.4. The molecule has 1 atom stereocenters. The smallest absolute Gasteiger partial charge is 0.239 e. The van der Waals surface area contributed by atoms with E-state index in [4.69, 9.17) is 14.2 Å². The minimum Gasteiger partial charge on any atom is -0.493 e. The molecule has 0 fully saturated rings. The summed E-state index contributed by atoms with van der Waals surface area (Å²) in [7, 11) is 4.68. The number of aryl methyl sites for hydroxylation is 1. The quantitative estimate of drug-likeness (QED) is 0.379. The maximum absolute atomic E-state index is 13.4. The highest BCUT2D eigenvalue weighted by Gasteiger charge is 2.29. The van der Waals surface area contributed by atoms with Gasteiger partial charge in [-0.3, -0.25) is 14.4 Å². The zero-order valence-electron chi connectivity index (χ0n) is 23.8. The van der Waals surface area contributed by atoms with E-state index in [-0.39, 0.29) is 23.8 Å². The normalized spacial score (nSPS) is 15.9. The van der Waals surface area contributed by atoms with Gasteiger partial charge in [0.15, 0.2) is 11.5 Å². The lowest BCUT2D eigenvalue weighted by Crippen LogP contribution is -2.31. The number of ether oxygens (including phenoxy) is 3. The summed E-state index contributed by atoms with van der Waals surface area (Å²) in [5.41, 5.74) is 4.54. The second kappa shape index (κ2) is 13.4. The zero-order chi connectivity index (χ0) is 28.6. The number of carbonyl (C=O) groups excluding carboxylic acids is 2. The van der Waals surface area contributed by atoms with Gasteiger partial charge in [0, 0.05) is 19.0 Å². The molecule has 0 spiro atoms. The number of rotatable bonds is 10. The third kappa shape index (κ3) is 6.58. The minimum atomic E-state index is -0.396. The van der Waals surface area contributed by atoms with Crippen molar-refractivity contribution in [1.82, 2.24) is 10.6 Å². The van der Waals surface area contributed by atoms with Crippen LogP contribution in [0.15, 0.2) is 40.7 Å². The highest BCUT2D eigenvalue weighted by molar-refractivity contribution is 5.84. The summed E-state index contributed by atoms with van der Waals surface area (Å²) < 4.78 is 17.0. The fourth-order valence-electron chi connectivity index (χ4n) is 5.59. The summed E-state index contributed by atoms with van der Waals surface area (Å²) in [4.78, 5) is 38.0. The molecular formula is C31H39N3O6. The van der Waals surface area contributed by atoms with Crippen LogP contribution in [0, 0.1) is 0 Å². The summed E-state index contributed by atoms with van der Waals surface area (Å²) in [5, 5.41) is 8.94. The highest BCUT2D eigenvalue weighted by atomic mass is 16.5. The molecule has 214 valence electrons. The van der Waals surface area contributed by atoms with Crippen molar-refractivity contribution in [3.05, 3.63) is 57.3 Å². The Bertz CT molecular complexity index is 1350. The SMILES string of the molecule is COc1cc2c(c(OC)c1OC)-c1ccc(NCC(=O)NCCC3=CCCCC3)c(=O)cc1C(NC(C)=O)CC2. The van der Waals surface area contributed by atoms with Gasteiger partial charge < -0.3 is 30.2 Å². The van der Waals surface area contributed by atoms with Crippen molar-refractivity contribution >= 4 is 17.5 Å². The Labute approximate surface area is 235 Å². The maximum Gasteiger partial charge on any atom is 0.239 e. The van der Waals surface area contributed by atoms with E-state index in [1.54, 1.807) is 27.4 Å². The number of fused-ring (bicyclic) bond motifs is 3. The van der Waals surface area contributed by atoms with E-state index >= 15 is 0 Å². The molecule has 1 unspecified atom stereocenters. The van der Waals surface area contributed by atoms with Crippen LogP contribution in [0.1, 0.15) is 62.6 Å². The molecule has 0 saturated carbocycles. The molecule has 0 aromatic heterocycles. The van der Waals surface area contributed by atoms with Crippen molar-refractivity contribution in [3.63, 3.8) is 0 Å². The number of nitrogens with one attached hydrogen (secondary N) is 3. The van der Waals surface area contributed by atoms with Gasteiger partial charge in [-0.2, -0.15) is 0 Å². The first-order valence-electron chi connectivity index (χ1n) is 13.8. The van der Waals surface area contributed by atoms with Crippen LogP contribution in [-0.2, 0) is 16.0 Å². The number of carbonyl (C=O) groups is 2. The number of amides is 2. The van der Waals surface area contributed by atoms with Crippen LogP contribution in [0.5, 0.6) is 17.2 Å². The van der Waals surface area contributed by atoms with Gasteiger partial charge in [0.25, 0.3) is 0 Å². The molecule has 0 aliphatic heterocycles. The van der Waals surface area contributed by atoms with Gasteiger partial charge in [0.05, 0.1) is 39.6 Å². The molecule has 0 heterocycles. The third-order valence-electron chi connectivity index (χ3n) is 7.51. The molecule has 9 heteroatoms. The monoisotopic (exact) mass is 549 g/mol. The highest BCUT2D eigenvalue weighted by Crippen LogP contribution is 2.50. The molecule has 2 aliphatic carbocycles. The fraction of sp³-hybridized carbons (Fsp3) is 0.452. The number of allylic oxidation sites excluding steroid dienone is 1. The predicted octanol–water partition coefficient (Wildman–Crippen LogP) is 4.28. The first-order valence-corrected chi connectivity index (χ1v) is 13.8. The van der Waals surface area contributed by atoms with Crippen molar-refractivity contribution in [2.24, 2.45) is 0 Å². The molecule has 9 nitrogen and oxygen atoms in total. The number of benzene rings is 1. The van der Waals surface area contributed by atoms with Gasteiger partial charge in [0.1, 0.15) is 0 Å². The van der Waals surface area contributed by atoms with Gasteiger partial charge in [-0.25, -0.2) is 0 Å². The van der Waals surface area contributed by atoms with Crippen molar-refractivity contribution in [3.8, 4) is 28.4 Å². The predicted molar refractivity (Wildman–Crippen MR) is 155 cm³/mol. The number of hydrogen-bond donors (Lipinski definition) is 3. The summed E-state index contributed by atoms with van der Waals surface area (Å²) in [6.07, 6.45) is 8.98. The molecule has 0 saturated heterocycles. The van der Waals surface area contributed by atoms with Crippen LogP contribution >= 0.6 is 0 Å². The van der Waals surface area contributed by atoms with Gasteiger partial charge in [-0.1, -0.05) is 17.7 Å². The Balaban J connectivity index is 1.65. The van der Waals surface area contributed by atoms with Crippen molar-refractivity contribution in [2.75, 3.05) is 39.7 Å². The standard InChI is InChI=1S/C31H39N3O6/c1-19(35)34-24-12-10-21-16-27(38-2)30(39-3)31(40-4)29(21)22-11-13-25(26(36)17-23(22)24)33-18-28(37)32-15-14-20-8-6-5-7-9-20/h8,11,13,16-17,24H,5-7,9-10,12,14-15,18H2,1-4H3,(H,32,37)(H,33,36)(H,34,35). The number of anilines is 1. The fourth-order valence-corrected chi connectivity index (χ4v) is 5.59. The molecule has 0 radical (unpaired) electrons. The Morgan fingerprint density at radius 3 is 2.48 bits per heavy atom. The largest absolute Gasteiger partial charge is 0.493 e. The van der Waals surface area contributed by atoms with Crippen molar-refractivity contribution < 1.29 is 23.8 Å². The first-order chi connectivity index (χ1) is 19.4. The molecule has 3 N–H and O–H groups in total. The van der Waals surface area contributed by atoms with Crippen LogP contribution in [0.3, 0.4) is 0 Å². The van der Waals surface area contributed by atoms with E-state index in [0.717, 1.165) is 36.0 Å². The molecule has 4 rings (SSSR count). The van der Waals surface area contributed by atoms with Crippen LogP contribution in [0.25, 0.3) is 11.1 Å². The van der Waals surface area contributed by atoms with E-state index in [1.807, 2.05) is 12.1 Å².